The minimum absolute atomic E-state index is 0.267. The molecule has 0 radical (unpaired) electrons. The lowest BCUT2D eigenvalue weighted by atomic mass is 10.2. The third-order valence-electron chi connectivity index (χ3n) is 1.86. The van der Waals surface area contributed by atoms with E-state index in [1.54, 1.807) is 18.2 Å². The molecular weight excluding hydrogens is 196 g/mol. The second-order valence-electron chi connectivity index (χ2n) is 3.32. The summed E-state index contributed by atoms with van der Waals surface area (Å²) < 4.78 is 0. The zero-order valence-electron chi connectivity index (χ0n) is 8.53. The summed E-state index contributed by atoms with van der Waals surface area (Å²) in [7, 11) is 3.76. The molecule has 0 aliphatic rings. The molecule has 1 aromatic rings. The van der Waals surface area contributed by atoms with Crippen molar-refractivity contribution in [3.05, 3.63) is 23.8 Å². The fraction of sp³-hybridized carbons (Fsp3) is 0.300. The van der Waals surface area contributed by atoms with E-state index in [1.165, 1.54) is 0 Å². The Hall–Kier alpha value is -1.29. The number of anilines is 1. The summed E-state index contributed by atoms with van der Waals surface area (Å²) in [6.07, 6.45) is 0. The van der Waals surface area contributed by atoms with Crippen molar-refractivity contribution in [2.75, 3.05) is 19.4 Å². The number of phenolic OH excluding ortho intramolecular Hbond substituents is 1. The van der Waals surface area contributed by atoms with Crippen LogP contribution in [0.25, 0.3) is 0 Å². The summed E-state index contributed by atoms with van der Waals surface area (Å²) in [6.45, 7) is 1.92. The average Bonchev–Trinajstić information content (AvgIpc) is 2.09. The van der Waals surface area contributed by atoms with Gasteiger partial charge in [0.1, 0.15) is 5.75 Å². The third-order valence-corrected chi connectivity index (χ3v) is 2.32. The standard InChI is InChI=1S/C10H14N2OS/c1-7-6-8(13)4-5-9(7)11-10(14)12(2)3/h4-6,13H,1-3H3,(H,11,14). The number of nitrogens with zero attached hydrogens (tertiary/aromatic N) is 1. The molecule has 1 rings (SSSR count). The molecule has 0 atom stereocenters. The third kappa shape index (κ3) is 2.60. The predicted octanol–water partition coefficient (Wildman–Crippen LogP) is 1.96. The van der Waals surface area contributed by atoms with E-state index in [1.807, 2.05) is 25.9 Å². The van der Waals surface area contributed by atoms with Crippen LogP contribution >= 0.6 is 12.2 Å². The van der Waals surface area contributed by atoms with Crippen LogP contribution in [0.3, 0.4) is 0 Å². The van der Waals surface area contributed by atoms with Gasteiger partial charge in [0.15, 0.2) is 5.11 Å². The number of aromatic hydroxyl groups is 1. The van der Waals surface area contributed by atoms with Crippen molar-refractivity contribution in [3.8, 4) is 5.75 Å². The van der Waals surface area contributed by atoms with E-state index in [2.05, 4.69) is 5.32 Å². The summed E-state index contributed by atoms with van der Waals surface area (Å²) in [5, 5.41) is 12.9. The molecule has 0 spiro atoms. The van der Waals surface area contributed by atoms with E-state index in [0.717, 1.165) is 11.3 Å². The van der Waals surface area contributed by atoms with Crippen molar-refractivity contribution >= 4 is 23.0 Å². The monoisotopic (exact) mass is 210 g/mol. The Balaban J connectivity index is 2.82. The summed E-state index contributed by atoms with van der Waals surface area (Å²) in [6, 6.07) is 5.13. The maximum atomic E-state index is 9.21. The SMILES string of the molecule is Cc1cc(O)ccc1NC(=S)N(C)C. The minimum atomic E-state index is 0.267. The Morgan fingerprint density at radius 3 is 2.57 bits per heavy atom. The van der Waals surface area contributed by atoms with Gasteiger partial charge in [-0.15, -0.1) is 0 Å². The van der Waals surface area contributed by atoms with Crippen LogP contribution in [0.5, 0.6) is 5.75 Å². The quantitative estimate of drug-likeness (QED) is 0.548. The van der Waals surface area contributed by atoms with Gasteiger partial charge < -0.3 is 15.3 Å². The van der Waals surface area contributed by atoms with Crippen molar-refractivity contribution in [3.63, 3.8) is 0 Å². The molecule has 4 heteroatoms. The molecule has 0 saturated carbocycles. The van der Waals surface area contributed by atoms with Crippen LogP contribution in [-0.2, 0) is 0 Å². The molecule has 3 nitrogen and oxygen atoms in total. The number of phenols is 1. The lowest BCUT2D eigenvalue weighted by molar-refractivity contribution is 0.475. The molecule has 2 N–H and O–H groups in total. The second-order valence-corrected chi connectivity index (χ2v) is 3.71. The molecule has 0 amide bonds. The van der Waals surface area contributed by atoms with Crippen LogP contribution in [0.1, 0.15) is 5.56 Å². The molecule has 0 heterocycles. The largest absolute Gasteiger partial charge is 0.508 e. The first-order chi connectivity index (χ1) is 6.50. The maximum absolute atomic E-state index is 9.21. The number of hydrogen-bond acceptors (Lipinski definition) is 2. The average molecular weight is 210 g/mol. The number of thiocarbonyl (C=S) groups is 1. The lowest BCUT2D eigenvalue weighted by Crippen LogP contribution is -2.27. The molecule has 76 valence electrons. The molecular formula is C10H14N2OS. The van der Waals surface area contributed by atoms with Gasteiger partial charge in [-0.2, -0.15) is 0 Å². The number of hydrogen-bond donors (Lipinski definition) is 2. The van der Waals surface area contributed by atoms with Crippen molar-refractivity contribution in [2.45, 2.75) is 6.92 Å². The Kier molecular flexibility index (Phi) is 3.30. The molecule has 1 aromatic carbocycles. The first kappa shape index (κ1) is 10.8. The van der Waals surface area contributed by atoms with Crippen molar-refractivity contribution < 1.29 is 5.11 Å². The zero-order valence-corrected chi connectivity index (χ0v) is 9.35. The molecule has 0 aliphatic heterocycles. The van der Waals surface area contributed by atoms with Crippen LogP contribution in [0.15, 0.2) is 18.2 Å². The summed E-state index contributed by atoms with van der Waals surface area (Å²) in [4.78, 5) is 1.82. The van der Waals surface area contributed by atoms with Gasteiger partial charge in [0.2, 0.25) is 0 Å². The van der Waals surface area contributed by atoms with E-state index >= 15 is 0 Å². The Morgan fingerprint density at radius 1 is 1.43 bits per heavy atom. The Morgan fingerprint density at radius 2 is 2.07 bits per heavy atom. The molecule has 0 fully saturated rings. The topological polar surface area (TPSA) is 35.5 Å². The Bertz CT molecular complexity index is 350. The van der Waals surface area contributed by atoms with Gasteiger partial charge >= 0.3 is 0 Å². The van der Waals surface area contributed by atoms with Gasteiger partial charge in [-0.1, -0.05) is 0 Å². The fourth-order valence-corrected chi connectivity index (χ4v) is 1.13. The van der Waals surface area contributed by atoms with Gasteiger partial charge in [0, 0.05) is 19.8 Å². The molecule has 0 saturated heterocycles. The van der Waals surface area contributed by atoms with Crippen LogP contribution in [0, 0.1) is 6.92 Å². The Labute approximate surface area is 89.4 Å². The number of nitrogens with one attached hydrogen (secondary N) is 1. The van der Waals surface area contributed by atoms with Gasteiger partial charge in [-0.3, -0.25) is 0 Å². The highest BCUT2D eigenvalue weighted by atomic mass is 32.1. The van der Waals surface area contributed by atoms with Gasteiger partial charge in [-0.05, 0) is 42.9 Å². The van der Waals surface area contributed by atoms with Crippen LogP contribution in [-0.4, -0.2) is 29.2 Å². The van der Waals surface area contributed by atoms with E-state index in [9.17, 15) is 5.11 Å². The summed E-state index contributed by atoms with van der Waals surface area (Å²) >= 11 is 5.10. The molecule has 0 aromatic heterocycles. The van der Waals surface area contributed by atoms with E-state index < -0.39 is 0 Å². The highest BCUT2D eigenvalue weighted by Gasteiger charge is 2.02. The van der Waals surface area contributed by atoms with Crippen molar-refractivity contribution in [2.24, 2.45) is 0 Å². The van der Waals surface area contributed by atoms with Crippen molar-refractivity contribution in [1.29, 1.82) is 0 Å². The zero-order chi connectivity index (χ0) is 10.7. The first-order valence-corrected chi connectivity index (χ1v) is 4.69. The van der Waals surface area contributed by atoms with E-state index in [0.29, 0.717) is 5.11 Å². The lowest BCUT2D eigenvalue weighted by Gasteiger charge is -2.16. The first-order valence-electron chi connectivity index (χ1n) is 4.28. The molecule has 14 heavy (non-hydrogen) atoms. The molecule has 0 aliphatic carbocycles. The van der Waals surface area contributed by atoms with E-state index in [4.69, 9.17) is 12.2 Å². The minimum Gasteiger partial charge on any atom is -0.508 e. The number of benzene rings is 1. The van der Waals surface area contributed by atoms with Gasteiger partial charge in [-0.25, -0.2) is 0 Å². The summed E-state index contributed by atoms with van der Waals surface area (Å²) in [5.41, 5.74) is 1.88. The number of aryl methyl sites for hydroxylation is 1. The molecule has 0 unspecified atom stereocenters. The maximum Gasteiger partial charge on any atom is 0.172 e. The highest BCUT2D eigenvalue weighted by Crippen LogP contribution is 2.20. The highest BCUT2D eigenvalue weighted by molar-refractivity contribution is 7.80. The van der Waals surface area contributed by atoms with Gasteiger partial charge in [0.05, 0.1) is 0 Å². The fourth-order valence-electron chi connectivity index (χ4n) is 1.02. The predicted molar refractivity (Wildman–Crippen MR) is 62.8 cm³/mol. The van der Waals surface area contributed by atoms with Gasteiger partial charge in [0.25, 0.3) is 0 Å². The normalized spacial score (nSPS) is 9.64. The van der Waals surface area contributed by atoms with Crippen LogP contribution in [0.2, 0.25) is 0 Å². The van der Waals surface area contributed by atoms with Crippen LogP contribution < -0.4 is 5.32 Å². The smallest absolute Gasteiger partial charge is 0.172 e. The van der Waals surface area contributed by atoms with Crippen molar-refractivity contribution in [1.82, 2.24) is 4.90 Å². The van der Waals surface area contributed by atoms with E-state index in [-0.39, 0.29) is 5.75 Å². The van der Waals surface area contributed by atoms with Crippen LogP contribution in [0.4, 0.5) is 5.69 Å². The summed E-state index contributed by atoms with van der Waals surface area (Å²) in [5.74, 6) is 0.267. The number of rotatable bonds is 1. The molecule has 0 bridgehead atoms. The second kappa shape index (κ2) is 4.28.